The summed E-state index contributed by atoms with van der Waals surface area (Å²) in [6.45, 7) is 9.06. The SMILES string of the molecule is CC(C)n1nc(-c2cnc(N)c(OC(F)(F)F)c2)cc1C1[C@H]2CC(N3CCO[C@@H](C)C3)C[C@@H]12. The van der Waals surface area contributed by atoms with Gasteiger partial charge in [-0.1, -0.05) is 0 Å². The summed E-state index contributed by atoms with van der Waals surface area (Å²) in [6.07, 6.45) is -0.756. The molecule has 2 unspecified atom stereocenters. The van der Waals surface area contributed by atoms with Crippen LogP contribution in [0.3, 0.4) is 0 Å². The van der Waals surface area contributed by atoms with E-state index in [1.54, 1.807) is 0 Å². The number of pyridine rings is 1. The lowest BCUT2D eigenvalue weighted by Gasteiger charge is -2.36. The number of fused-ring (bicyclic) bond motifs is 1. The maximum Gasteiger partial charge on any atom is 0.573 e. The van der Waals surface area contributed by atoms with Gasteiger partial charge in [0, 0.05) is 48.5 Å². The van der Waals surface area contributed by atoms with Gasteiger partial charge in [-0.05, 0) is 57.6 Å². The zero-order valence-electron chi connectivity index (χ0n) is 19.0. The zero-order chi connectivity index (χ0) is 23.5. The molecule has 33 heavy (non-hydrogen) atoms. The topological polar surface area (TPSA) is 78.4 Å². The molecule has 2 aromatic rings. The minimum Gasteiger partial charge on any atom is -0.402 e. The number of aromatic nitrogens is 3. The molecule has 0 spiro atoms. The summed E-state index contributed by atoms with van der Waals surface area (Å²) < 4.78 is 49.9. The van der Waals surface area contributed by atoms with Crippen molar-refractivity contribution in [1.82, 2.24) is 19.7 Å². The second kappa shape index (κ2) is 8.16. The Kier molecular flexibility index (Phi) is 5.55. The molecule has 10 heteroatoms. The molecular weight excluding hydrogens is 435 g/mol. The van der Waals surface area contributed by atoms with Crippen LogP contribution in [0.25, 0.3) is 11.3 Å². The predicted octanol–water partition coefficient (Wildman–Crippen LogP) is 4.22. The van der Waals surface area contributed by atoms with Crippen LogP contribution in [0.5, 0.6) is 5.75 Å². The molecule has 1 aliphatic heterocycles. The first-order chi connectivity index (χ1) is 15.6. The van der Waals surface area contributed by atoms with Crippen molar-refractivity contribution in [2.75, 3.05) is 25.4 Å². The van der Waals surface area contributed by atoms with Crippen molar-refractivity contribution in [3.8, 4) is 17.0 Å². The predicted molar refractivity (Wildman–Crippen MR) is 117 cm³/mol. The van der Waals surface area contributed by atoms with Gasteiger partial charge in [-0.15, -0.1) is 13.2 Å². The number of anilines is 1. The quantitative estimate of drug-likeness (QED) is 0.713. The molecule has 0 amide bonds. The Hall–Kier alpha value is -2.33. The third-order valence-corrected chi connectivity index (χ3v) is 7.21. The minimum absolute atomic E-state index is 0.138. The second-order valence-electron chi connectivity index (χ2n) is 9.80. The lowest BCUT2D eigenvalue weighted by molar-refractivity contribution is -0.274. The van der Waals surface area contributed by atoms with Gasteiger partial charge in [-0.3, -0.25) is 9.58 Å². The van der Waals surface area contributed by atoms with Crippen molar-refractivity contribution in [3.63, 3.8) is 0 Å². The van der Waals surface area contributed by atoms with E-state index in [0.717, 1.165) is 25.4 Å². The van der Waals surface area contributed by atoms with Gasteiger partial charge in [0.15, 0.2) is 11.6 Å². The van der Waals surface area contributed by atoms with Gasteiger partial charge in [0.2, 0.25) is 0 Å². The number of nitrogens with zero attached hydrogens (tertiary/aromatic N) is 4. The molecule has 5 rings (SSSR count). The van der Waals surface area contributed by atoms with E-state index in [1.807, 2.05) is 10.7 Å². The van der Waals surface area contributed by atoms with Crippen molar-refractivity contribution < 1.29 is 22.6 Å². The molecule has 2 saturated carbocycles. The highest BCUT2D eigenvalue weighted by Crippen LogP contribution is 2.64. The van der Waals surface area contributed by atoms with Crippen LogP contribution in [0.1, 0.15) is 51.3 Å². The van der Waals surface area contributed by atoms with E-state index in [4.69, 9.17) is 15.6 Å². The molecule has 2 N–H and O–H groups in total. The molecule has 3 heterocycles. The van der Waals surface area contributed by atoms with E-state index in [2.05, 4.69) is 35.4 Å². The normalized spacial score (nSPS) is 30.0. The molecule has 5 atom stereocenters. The van der Waals surface area contributed by atoms with Crippen molar-refractivity contribution in [3.05, 3.63) is 24.0 Å². The fourth-order valence-corrected chi connectivity index (χ4v) is 5.74. The number of nitrogen functional groups attached to an aromatic ring is 1. The largest absolute Gasteiger partial charge is 0.573 e. The van der Waals surface area contributed by atoms with Crippen LogP contribution >= 0.6 is 0 Å². The Balaban J connectivity index is 1.35. The molecule has 0 bridgehead atoms. The fraction of sp³-hybridized carbons (Fsp3) is 0.652. The zero-order valence-corrected chi connectivity index (χ0v) is 19.0. The fourth-order valence-electron chi connectivity index (χ4n) is 5.74. The maximum absolute atomic E-state index is 12.7. The average molecular weight is 466 g/mol. The molecule has 0 radical (unpaired) electrons. The number of halogens is 3. The van der Waals surface area contributed by atoms with Gasteiger partial charge in [-0.2, -0.15) is 5.10 Å². The van der Waals surface area contributed by atoms with Crippen molar-refractivity contribution in [1.29, 1.82) is 0 Å². The molecule has 3 aliphatic rings. The third-order valence-electron chi connectivity index (χ3n) is 7.21. The van der Waals surface area contributed by atoms with Gasteiger partial charge >= 0.3 is 6.36 Å². The standard InChI is InChI=1S/C23H30F3N5O2/c1-12(2)31-19(21-16-7-15(8-17(16)21)30-4-5-32-13(3)11-30)9-18(29-31)14-6-20(22(27)28-10-14)33-23(24,25)26/h6,9-10,12-13,15-17,21H,4-5,7-8,11H2,1-3H3,(H2,27,28)/t13-,15?,16-,17+,21?/m0/s1. The highest BCUT2D eigenvalue weighted by atomic mass is 19.4. The van der Waals surface area contributed by atoms with E-state index < -0.39 is 12.1 Å². The Morgan fingerprint density at radius 2 is 1.94 bits per heavy atom. The average Bonchev–Trinajstić information content (AvgIpc) is 3.09. The Labute approximate surface area is 191 Å². The number of ether oxygens (including phenoxy) is 2. The van der Waals surface area contributed by atoms with Gasteiger partial charge in [-0.25, -0.2) is 4.98 Å². The van der Waals surface area contributed by atoms with Gasteiger partial charge < -0.3 is 15.2 Å². The van der Waals surface area contributed by atoms with Crippen LogP contribution in [-0.2, 0) is 4.74 Å². The van der Waals surface area contributed by atoms with E-state index in [0.29, 0.717) is 35.1 Å². The molecule has 1 saturated heterocycles. The van der Waals surface area contributed by atoms with Crippen LogP contribution < -0.4 is 10.5 Å². The first kappa shape index (κ1) is 22.5. The lowest BCUT2D eigenvalue weighted by Crippen LogP contribution is -2.46. The van der Waals surface area contributed by atoms with Gasteiger partial charge in [0.05, 0.1) is 18.4 Å². The second-order valence-corrected chi connectivity index (χ2v) is 9.80. The summed E-state index contributed by atoms with van der Waals surface area (Å²) in [5, 5.41) is 4.73. The highest BCUT2D eigenvalue weighted by Gasteiger charge is 2.58. The Bertz CT molecular complexity index is 1010. The third kappa shape index (κ3) is 4.42. The van der Waals surface area contributed by atoms with E-state index in [1.165, 1.54) is 25.1 Å². The lowest BCUT2D eigenvalue weighted by atomic mass is 10.0. The summed E-state index contributed by atoms with van der Waals surface area (Å²) in [6, 6.07) is 4.01. The summed E-state index contributed by atoms with van der Waals surface area (Å²) in [5.74, 6) is 0.884. The number of rotatable bonds is 5. The van der Waals surface area contributed by atoms with Crippen LogP contribution in [0.15, 0.2) is 18.3 Å². The Morgan fingerprint density at radius 1 is 1.21 bits per heavy atom. The molecule has 7 nitrogen and oxygen atoms in total. The number of nitrogens with two attached hydrogens (primary N) is 1. The van der Waals surface area contributed by atoms with E-state index in [-0.39, 0.29) is 18.0 Å². The molecule has 2 aromatic heterocycles. The minimum atomic E-state index is -4.84. The van der Waals surface area contributed by atoms with E-state index >= 15 is 0 Å². The van der Waals surface area contributed by atoms with Crippen LogP contribution in [0.2, 0.25) is 0 Å². The Morgan fingerprint density at radius 3 is 2.58 bits per heavy atom. The maximum atomic E-state index is 12.7. The highest BCUT2D eigenvalue weighted by molar-refractivity contribution is 5.64. The molecule has 0 aromatic carbocycles. The van der Waals surface area contributed by atoms with E-state index in [9.17, 15) is 13.2 Å². The summed E-state index contributed by atoms with van der Waals surface area (Å²) >= 11 is 0. The smallest absolute Gasteiger partial charge is 0.402 e. The molecule has 180 valence electrons. The first-order valence-corrected chi connectivity index (χ1v) is 11.6. The van der Waals surface area contributed by atoms with Gasteiger partial charge in [0.25, 0.3) is 0 Å². The van der Waals surface area contributed by atoms with Crippen LogP contribution in [0, 0.1) is 11.8 Å². The summed E-state index contributed by atoms with van der Waals surface area (Å²) in [4.78, 5) is 6.47. The van der Waals surface area contributed by atoms with Crippen molar-refractivity contribution in [2.45, 2.75) is 64.1 Å². The number of morpholine rings is 1. The van der Waals surface area contributed by atoms with Crippen molar-refractivity contribution >= 4 is 5.82 Å². The number of hydrogen-bond donors (Lipinski definition) is 1. The van der Waals surface area contributed by atoms with Crippen LogP contribution in [-0.4, -0.2) is 57.9 Å². The molecular formula is C23H30F3N5O2. The number of hydrogen-bond acceptors (Lipinski definition) is 6. The summed E-state index contributed by atoms with van der Waals surface area (Å²) in [5.41, 5.74) is 7.78. The van der Waals surface area contributed by atoms with Crippen LogP contribution in [0.4, 0.5) is 19.0 Å². The summed E-state index contributed by atoms with van der Waals surface area (Å²) in [7, 11) is 0. The van der Waals surface area contributed by atoms with Crippen molar-refractivity contribution in [2.24, 2.45) is 11.8 Å². The van der Waals surface area contributed by atoms with Gasteiger partial charge in [0.1, 0.15) is 0 Å². The monoisotopic (exact) mass is 465 g/mol. The molecule has 3 fully saturated rings. The molecule has 2 aliphatic carbocycles. The first-order valence-electron chi connectivity index (χ1n) is 11.6. The number of alkyl halides is 3.